The van der Waals surface area contributed by atoms with E-state index in [4.69, 9.17) is 0 Å². The Hall–Kier alpha value is -0.643. The molecule has 0 aromatic carbocycles. The van der Waals surface area contributed by atoms with Gasteiger partial charge in [-0.05, 0) is 0 Å². The van der Waals surface area contributed by atoms with Crippen molar-refractivity contribution in [3.8, 4) is 0 Å². The lowest BCUT2D eigenvalue weighted by Crippen LogP contribution is -2.14. The summed E-state index contributed by atoms with van der Waals surface area (Å²) in [5.74, 6) is -0.133. The Kier molecular flexibility index (Phi) is 0.939. The monoisotopic (exact) mass is 115 g/mol. The summed E-state index contributed by atoms with van der Waals surface area (Å²) in [6.07, 6.45) is 1.21. The highest BCUT2D eigenvalue weighted by Crippen LogP contribution is 1.93. The van der Waals surface area contributed by atoms with E-state index in [1.807, 2.05) is 0 Å². The van der Waals surface area contributed by atoms with Crippen molar-refractivity contribution in [3.05, 3.63) is 0 Å². The average Bonchev–Trinajstić information content (AvgIpc) is 1.91. The zero-order valence-corrected chi connectivity index (χ0v) is 5.92. The molecule has 0 aliphatic carbocycles. The molecular weight excluding hydrogens is 110 g/mol. The highest BCUT2D eigenvalue weighted by molar-refractivity contribution is 6.25. The van der Waals surface area contributed by atoms with Crippen LogP contribution >= 0.6 is 0 Å². The third-order valence-corrected chi connectivity index (χ3v) is 1.56. The first kappa shape index (κ1) is 4.51. The van der Waals surface area contributed by atoms with Gasteiger partial charge in [0.25, 0.3) is 5.91 Å². The minimum Gasteiger partial charge on any atom is -0.475 e. The van der Waals surface area contributed by atoms with Crippen LogP contribution in [0.1, 0.15) is 0 Å². The molecule has 1 rings (SSSR count). The number of nitrogens with zero attached hydrogens (tertiary/aromatic N) is 1. The van der Waals surface area contributed by atoms with Crippen molar-refractivity contribution in [3.63, 3.8) is 0 Å². The van der Waals surface area contributed by atoms with E-state index in [-0.39, 0.29) is 11.6 Å². The molecule has 38 valence electrons. The molecule has 0 radical (unpaired) electrons. The maximum Gasteiger partial charge on any atom is 0.284 e. The van der Waals surface area contributed by atoms with Crippen molar-refractivity contribution in [2.45, 2.75) is 5.73 Å². The number of hydrogen-bond acceptors (Lipinski definition) is 2. The molecule has 1 atom stereocenters. The Morgan fingerprint density at radius 1 is 2.00 bits per heavy atom. The Labute approximate surface area is 43.8 Å². The molecule has 3 nitrogen and oxygen atoms in total. The normalized spacial score (nSPS) is 28.6. The molecule has 1 unspecified atom stereocenters. The van der Waals surface area contributed by atoms with E-state index in [2.05, 4.69) is 9.73 Å². The summed E-state index contributed by atoms with van der Waals surface area (Å²) in [4.78, 5) is 13.7. The van der Waals surface area contributed by atoms with Gasteiger partial charge < -0.3 is 4.74 Å². The minimum atomic E-state index is -0.208. The van der Waals surface area contributed by atoms with E-state index >= 15 is 0 Å². The molecule has 4 heteroatoms. The summed E-state index contributed by atoms with van der Waals surface area (Å²) in [7, 11) is 0.740. The first-order chi connectivity index (χ1) is 3.30. The first-order valence-corrected chi connectivity index (χ1v) is 3.18. The Balaban J connectivity index is 2.62. The second kappa shape index (κ2) is 1.46. The van der Waals surface area contributed by atoms with Gasteiger partial charge >= 0.3 is 0 Å². The Morgan fingerprint density at radius 2 is 2.71 bits per heavy atom. The van der Waals surface area contributed by atoms with E-state index in [0.29, 0.717) is 0 Å². The quantitative estimate of drug-likeness (QED) is 0.352. The molecule has 1 amide bonds. The summed E-state index contributed by atoms with van der Waals surface area (Å²) in [5.41, 5.74) is -0.208. The van der Waals surface area contributed by atoms with Crippen LogP contribution in [0.2, 0.25) is 0 Å². The summed E-state index contributed by atoms with van der Waals surface area (Å²) < 4.78 is 4.69. The number of ether oxygens (including phenoxy) is 1. The van der Waals surface area contributed by atoms with Gasteiger partial charge in [-0.2, -0.15) is 4.99 Å². The lowest BCUT2D eigenvalue weighted by atomic mass is 10.7. The highest BCUT2D eigenvalue weighted by atomic mass is 28.1. The van der Waals surface area contributed by atoms with Gasteiger partial charge in [0.2, 0.25) is 0 Å². The van der Waals surface area contributed by atoms with Crippen LogP contribution in [-0.4, -0.2) is 28.3 Å². The van der Waals surface area contributed by atoms with Crippen molar-refractivity contribution >= 4 is 22.6 Å². The summed E-state index contributed by atoms with van der Waals surface area (Å²) in [6, 6.07) is 0. The number of hydrogen-bond donors (Lipinski definition) is 0. The number of carbonyl (C=O) groups is 1. The summed E-state index contributed by atoms with van der Waals surface area (Å²) in [5, 5.41) is 0. The SMILES string of the molecule is O=C1N=COC1[SiH3]. The number of aliphatic imine (C=N–C) groups is 1. The molecule has 1 aliphatic heterocycles. The molecule has 0 saturated carbocycles. The molecule has 0 spiro atoms. The fourth-order valence-corrected chi connectivity index (χ4v) is 0.608. The largest absolute Gasteiger partial charge is 0.475 e. The Bertz CT molecular complexity index is 122. The molecule has 1 heterocycles. The van der Waals surface area contributed by atoms with Crippen molar-refractivity contribution in [2.75, 3.05) is 0 Å². The van der Waals surface area contributed by atoms with E-state index in [1.165, 1.54) is 6.40 Å². The molecule has 0 fully saturated rings. The van der Waals surface area contributed by atoms with Gasteiger partial charge in [0.15, 0.2) is 12.1 Å². The lowest BCUT2D eigenvalue weighted by Gasteiger charge is -1.93. The van der Waals surface area contributed by atoms with Crippen molar-refractivity contribution < 1.29 is 9.53 Å². The molecular formula is C3H5NO2Si. The lowest BCUT2D eigenvalue weighted by molar-refractivity contribution is -0.119. The molecule has 0 saturated heterocycles. The first-order valence-electron chi connectivity index (χ1n) is 2.02. The number of carbonyl (C=O) groups excluding carboxylic acids is 1. The van der Waals surface area contributed by atoms with Crippen molar-refractivity contribution in [1.29, 1.82) is 0 Å². The standard InChI is InChI=1S/C3H5NO2Si/c5-2-3(7)6-1-4-2/h1,3H,7H3. The molecule has 7 heavy (non-hydrogen) atoms. The summed E-state index contributed by atoms with van der Waals surface area (Å²) >= 11 is 0. The molecule has 0 N–H and O–H groups in total. The van der Waals surface area contributed by atoms with Gasteiger partial charge in [-0.25, -0.2) is 0 Å². The van der Waals surface area contributed by atoms with Crippen LogP contribution < -0.4 is 0 Å². The minimum absolute atomic E-state index is 0.133. The fraction of sp³-hybridized carbons (Fsp3) is 0.333. The van der Waals surface area contributed by atoms with Gasteiger partial charge in [0.1, 0.15) is 0 Å². The van der Waals surface area contributed by atoms with Crippen LogP contribution in [0.15, 0.2) is 4.99 Å². The molecule has 0 bridgehead atoms. The number of rotatable bonds is 0. The fourth-order valence-electron chi connectivity index (χ4n) is 0.337. The Morgan fingerprint density at radius 3 is 2.86 bits per heavy atom. The predicted octanol–water partition coefficient (Wildman–Crippen LogP) is -1.74. The predicted molar refractivity (Wildman–Crippen MR) is 28.3 cm³/mol. The third-order valence-electron chi connectivity index (χ3n) is 0.793. The second-order valence-electron chi connectivity index (χ2n) is 1.35. The van der Waals surface area contributed by atoms with Gasteiger partial charge in [-0.15, -0.1) is 0 Å². The van der Waals surface area contributed by atoms with Crippen LogP contribution in [0.25, 0.3) is 0 Å². The molecule has 1 aliphatic rings. The highest BCUT2D eigenvalue weighted by Gasteiger charge is 2.15. The van der Waals surface area contributed by atoms with Gasteiger partial charge in [0.05, 0.1) is 10.2 Å². The van der Waals surface area contributed by atoms with E-state index in [1.54, 1.807) is 0 Å². The van der Waals surface area contributed by atoms with Crippen LogP contribution in [-0.2, 0) is 9.53 Å². The number of amides is 1. The third kappa shape index (κ3) is 0.689. The van der Waals surface area contributed by atoms with Gasteiger partial charge in [-0.1, -0.05) is 0 Å². The maximum atomic E-state index is 10.3. The van der Waals surface area contributed by atoms with Crippen molar-refractivity contribution in [1.82, 2.24) is 0 Å². The topological polar surface area (TPSA) is 38.7 Å². The van der Waals surface area contributed by atoms with Crippen LogP contribution in [0.3, 0.4) is 0 Å². The van der Waals surface area contributed by atoms with Crippen LogP contribution in [0, 0.1) is 0 Å². The average molecular weight is 115 g/mol. The molecule has 0 aromatic rings. The smallest absolute Gasteiger partial charge is 0.284 e. The van der Waals surface area contributed by atoms with Crippen LogP contribution in [0.5, 0.6) is 0 Å². The van der Waals surface area contributed by atoms with Gasteiger partial charge in [0, 0.05) is 0 Å². The van der Waals surface area contributed by atoms with E-state index < -0.39 is 0 Å². The second-order valence-corrected chi connectivity index (χ2v) is 2.40. The van der Waals surface area contributed by atoms with E-state index in [9.17, 15) is 4.79 Å². The van der Waals surface area contributed by atoms with Crippen molar-refractivity contribution in [2.24, 2.45) is 4.99 Å². The van der Waals surface area contributed by atoms with Crippen LogP contribution in [0.4, 0.5) is 0 Å². The molecule has 0 aromatic heterocycles. The van der Waals surface area contributed by atoms with E-state index in [0.717, 1.165) is 10.2 Å². The maximum absolute atomic E-state index is 10.3. The zero-order valence-electron chi connectivity index (χ0n) is 3.92. The summed E-state index contributed by atoms with van der Waals surface area (Å²) in [6.45, 7) is 0. The zero-order chi connectivity index (χ0) is 5.28. The van der Waals surface area contributed by atoms with Gasteiger partial charge in [-0.3, -0.25) is 4.79 Å².